The zero-order valence-electron chi connectivity index (χ0n) is 15.2. The second-order valence-corrected chi connectivity index (χ2v) is 6.35. The molecule has 3 rings (SSSR count). The second-order valence-electron chi connectivity index (χ2n) is 6.35. The Hall–Kier alpha value is -3.33. The molecule has 6 nitrogen and oxygen atoms in total. The van der Waals surface area contributed by atoms with E-state index in [1.807, 2.05) is 30.3 Å². The SMILES string of the molecule is COc1ccccc1CC(=O)N1CCN(C(=O)c2cccc(C#N)c2)CC1. The summed E-state index contributed by atoms with van der Waals surface area (Å²) in [5.41, 5.74) is 1.83. The van der Waals surface area contributed by atoms with Gasteiger partial charge in [-0.15, -0.1) is 0 Å². The number of benzene rings is 2. The topological polar surface area (TPSA) is 73.6 Å². The Morgan fingerprint density at radius 2 is 1.74 bits per heavy atom. The lowest BCUT2D eigenvalue weighted by Gasteiger charge is -2.35. The number of nitrogens with zero attached hydrogens (tertiary/aromatic N) is 3. The maximum Gasteiger partial charge on any atom is 0.254 e. The summed E-state index contributed by atoms with van der Waals surface area (Å²) in [6, 6.07) is 16.2. The van der Waals surface area contributed by atoms with Gasteiger partial charge in [-0.25, -0.2) is 0 Å². The molecule has 1 fully saturated rings. The van der Waals surface area contributed by atoms with Crippen LogP contribution in [0.15, 0.2) is 48.5 Å². The number of carbonyl (C=O) groups excluding carboxylic acids is 2. The fraction of sp³-hybridized carbons (Fsp3) is 0.286. The highest BCUT2D eigenvalue weighted by Gasteiger charge is 2.25. The van der Waals surface area contributed by atoms with E-state index in [1.165, 1.54) is 0 Å². The molecule has 6 heteroatoms. The maximum absolute atomic E-state index is 12.6. The van der Waals surface area contributed by atoms with Gasteiger partial charge in [-0.05, 0) is 24.3 Å². The zero-order chi connectivity index (χ0) is 19.2. The Labute approximate surface area is 158 Å². The number of nitriles is 1. The lowest BCUT2D eigenvalue weighted by Crippen LogP contribution is -2.51. The summed E-state index contributed by atoms with van der Waals surface area (Å²) >= 11 is 0. The van der Waals surface area contributed by atoms with Crippen LogP contribution < -0.4 is 4.74 Å². The number of ether oxygens (including phenoxy) is 1. The predicted molar refractivity (Wildman–Crippen MR) is 100 cm³/mol. The third kappa shape index (κ3) is 4.26. The molecule has 0 radical (unpaired) electrons. The molecule has 1 saturated heterocycles. The Morgan fingerprint density at radius 3 is 2.44 bits per heavy atom. The number of methoxy groups -OCH3 is 1. The molecule has 0 bridgehead atoms. The van der Waals surface area contributed by atoms with Crippen LogP contribution in [0.4, 0.5) is 0 Å². The van der Waals surface area contributed by atoms with Gasteiger partial charge in [-0.2, -0.15) is 5.26 Å². The monoisotopic (exact) mass is 363 g/mol. The van der Waals surface area contributed by atoms with E-state index in [9.17, 15) is 9.59 Å². The van der Waals surface area contributed by atoms with Gasteiger partial charge in [0.25, 0.3) is 5.91 Å². The Kier molecular flexibility index (Phi) is 5.72. The van der Waals surface area contributed by atoms with Gasteiger partial charge in [0.05, 0.1) is 25.2 Å². The van der Waals surface area contributed by atoms with E-state index < -0.39 is 0 Å². The second kappa shape index (κ2) is 8.37. The van der Waals surface area contributed by atoms with Crippen molar-refractivity contribution in [2.24, 2.45) is 0 Å². The van der Waals surface area contributed by atoms with Crippen LogP contribution in [0.25, 0.3) is 0 Å². The minimum atomic E-state index is -0.107. The maximum atomic E-state index is 12.6. The molecule has 0 saturated carbocycles. The molecule has 0 aromatic heterocycles. The number of amides is 2. The van der Waals surface area contributed by atoms with Crippen molar-refractivity contribution >= 4 is 11.8 Å². The van der Waals surface area contributed by atoms with Gasteiger partial charge in [0, 0.05) is 37.3 Å². The van der Waals surface area contributed by atoms with E-state index in [4.69, 9.17) is 10.00 Å². The van der Waals surface area contributed by atoms with Gasteiger partial charge < -0.3 is 14.5 Å². The number of hydrogen-bond acceptors (Lipinski definition) is 4. The molecule has 0 aliphatic carbocycles. The first-order valence-corrected chi connectivity index (χ1v) is 8.81. The summed E-state index contributed by atoms with van der Waals surface area (Å²) < 4.78 is 5.30. The molecule has 0 N–H and O–H groups in total. The van der Waals surface area contributed by atoms with Crippen LogP contribution >= 0.6 is 0 Å². The minimum Gasteiger partial charge on any atom is -0.496 e. The van der Waals surface area contributed by atoms with Crippen molar-refractivity contribution < 1.29 is 14.3 Å². The summed E-state index contributed by atoms with van der Waals surface area (Å²) in [5.74, 6) is 0.624. The van der Waals surface area contributed by atoms with Gasteiger partial charge in [0.2, 0.25) is 5.91 Å². The first kappa shape index (κ1) is 18.5. The molecule has 1 aliphatic heterocycles. The zero-order valence-corrected chi connectivity index (χ0v) is 15.2. The minimum absolute atomic E-state index is 0.0260. The normalized spacial score (nSPS) is 13.8. The third-order valence-corrected chi connectivity index (χ3v) is 4.69. The van der Waals surface area contributed by atoms with Crippen LogP contribution in [-0.2, 0) is 11.2 Å². The van der Waals surface area contributed by atoms with Crippen molar-refractivity contribution in [3.8, 4) is 11.8 Å². The summed E-state index contributed by atoms with van der Waals surface area (Å²) in [4.78, 5) is 28.7. The number of para-hydroxylation sites is 1. The molecular weight excluding hydrogens is 342 g/mol. The van der Waals surface area contributed by atoms with Crippen molar-refractivity contribution in [3.05, 3.63) is 65.2 Å². The van der Waals surface area contributed by atoms with Crippen LogP contribution in [0.2, 0.25) is 0 Å². The molecule has 27 heavy (non-hydrogen) atoms. The molecule has 138 valence electrons. The van der Waals surface area contributed by atoms with E-state index in [-0.39, 0.29) is 18.2 Å². The predicted octanol–water partition coefficient (Wildman–Crippen LogP) is 2.09. The van der Waals surface area contributed by atoms with Gasteiger partial charge >= 0.3 is 0 Å². The number of rotatable bonds is 4. The highest BCUT2D eigenvalue weighted by molar-refractivity contribution is 5.94. The lowest BCUT2D eigenvalue weighted by atomic mass is 10.1. The van der Waals surface area contributed by atoms with Crippen molar-refractivity contribution in [2.75, 3.05) is 33.3 Å². The van der Waals surface area contributed by atoms with Gasteiger partial charge in [0.15, 0.2) is 0 Å². The molecule has 2 aromatic carbocycles. The highest BCUT2D eigenvalue weighted by Crippen LogP contribution is 2.19. The van der Waals surface area contributed by atoms with E-state index in [0.717, 1.165) is 5.56 Å². The largest absolute Gasteiger partial charge is 0.496 e. The average Bonchev–Trinajstić information content (AvgIpc) is 2.73. The van der Waals surface area contributed by atoms with E-state index in [0.29, 0.717) is 43.1 Å². The molecular formula is C21H21N3O3. The molecule has 0 atom stereocenters. The first-order valence-electron chi connectivity index (χ1n) is 8.81. The van der Waals surface area contributed by atoms with Crippen LogP contribution in [0.5, 0.6) is 5.75 Å². The van der Waals surface area contributed by atoms with Gasteiger partial charge in [0.1, 0.15) is 5.75 Å². The third-order valence-electron chi connectivity index (χ3n) is 4.69. The van der Waals surface area contributed by atoms with E-state index in [1.54, 1.807) is 41.2 Å². The smallest absolute Gasteiger partial charge is 0.254 e. The first-order chi connectivity index (χ1) is 13.1. The standard InChI is InChI=1S/C21H21N3O3/c1-27-19-8-3-2-6-17(19)14-20(25)23-9-11-24(12-10-23)21(26)18-7-4-5-16(13-18)15-22/h2-8,13H,9-12,14H2,1H3. The molecule has 2 aromatic rings. The van der Waals surface area contributed by atoms with E-state index >= 15 is 0 Å². The van der Waals surface area contributed by atoms with Crippen LogP contribution in [0, 0.1) is 11.3 Å². The number of hydrogen-bond donors (Lipinski definition) is 0. The van der Waals surface area contributed by atoms with Gasteiger partial charge in [-0.3, -0.25) is 9.59 Å². The fourth-order valence-electron chi connectivity index (χ4n) is 3.19. The summed E-state index contributed by atoms with van der Waals surface area (Å²) in [5, 5.41) is 8.98. The van der Waals surface area contributed by atoms with Gasteiger partial charge in [-0.1, -0.05) is 24.3 Å². The average molecular weight is 363 g/mol. The lowest BCUT2D eigenvalue weighted by molar-refractivity contribution is -0.131. The molecule has 0 unspecified atom stereocenters. The Bertz CT molecular complexity index is 880. The highest BCUT2D eigenvalue weighted by atomic mass is 16.5. The molecule has 1 aliphatic rings. The van der Waals surface area contributed by atoms with Crippen LogP contribution in [0.3, 0.4) is 0 Å². The summed E-state index contributed by atoms with van der Waals surface area (Å²) in [6.07, 6.45) is 0.280. The van der Waals surface area contributed by atoms with Crippen molar-refractivity contribution in [3.63, 3.8) is 0 Å². The molecule has 2 amide bonds. The van der Waals surface area contributed by atoms with Crippen molar-refractivity contribution in [2.45, 2.75) is 6.42 Å². The molecule has 1 heterocycles. The molecule has 0 spiro atoms. The Morgan fingerprint density at radius 1 is 1.04 bits per heavy atom. The van der Waals surface area contributed by atoms with Crippen molar-refractivity contribution in [1.82, 2.24) is 9.80 Å². The Balaban J connectivity index is 1.59. The quantitative estimate of drug-likeness (QED) is 0.834. The van der Waals surface area contributed by atoms with E-state index in [2.05, 4.69) is 0 Å². The summed E-state index contributed by atoms with van der Waals surface area (Å²) in [6.45, 7) is 1.95. The van der Waals surface area contributed by atoms with Crippen molar-refractivity contribution in [1.29, 1.82) is 5.26 Å². The summed E-state index contributed by atoms with van der Waals surface area (Å²) in [7, 11) is 1.59. The van der Waals surface area contributed by atoms with Crippen LogP contribution in [-0.4, -0.2) is 54.9 Å². The fourth-order valence-corrected chi connectivity index (χ4v) is 3.19. The van der Waals surface area contributed by atoms with Crippen LogP contribution in [0.1, 0.15) is 21.5 Å². The number of piperazine rings is 1. The number of carbonyl (C=O) groups is 2.